The summed E-state index contributed by atoms with van der Waals surface area (Å²) in [7, 11) is -2.36. The summed E-state index contributed by atoms with van der Waals surface area (Å²) in [5.74, 6) is -3.85. The lowest BCUT2D eigenvalue weighted by molar-refractivity contribution is -0.120. The van der Waals surface area contributed by atoms with Gasteiger partial charge in [-0.2, -0.15) is 4.31 Å². The molecule has 8 atom stereocenters. The molecule has 3 heterocycles. The van der Waals surface area contributed by atoms with Crippen molar-refractivity contribution < 1.29 is 40.7 Å². The summed E-state index contributed by atoms with van der Waals surface area (Å²) in [4.78, 5) is 26.8. The van der Waals surface area contributed by atoms with E-state index in [9.17, 15) is 22.4 Å². The molecule has 0 aromatic heterocycles. The third-order valence-electron chi connectivity index (χ3n) is 9.54. The van der Waals surface area contributed by atoms with Crippen molar-refractivity contribution in [1.82, 2.24) is 14.9 Å². The minimum atomic E-state index is -3.50. The predicted octanol–water partition coefficient (Wildman–Crippen LogP) is 4.45. The lowest BCUT2D eigenvalue weighted by atomic mass is 9.74. The number of alkyl carbamates (subject to hydrolysis) is 1. The topological polar surface area (TPSA) is 126 Å². The largest absolute Gasteiger partial charge is 0.453 e. The van der Waals surface area contributed by atoms with Crippen LogP contribution >= 0.6 is 0 Å². The van der Waals surface area contributed by atoms with Crippen LogP contribution in [-0.2, 0) is 30.7 Å². The number of anilines is 1. The van der Waals surface area contributed by atoms with E-state index >= 15 is 8.78 Å². The molecule has 2 unspecified atom stereocenters. The van der Waals surface area contributed by atoms with E-state index in [-0.39, 0.29) is 48.3 Å². The second-order valence-corrected chi connectivity index (χ2v) is 14.9. The Kier molecular flexibility index (Phi) is 11.1. The van der Waals surface area contributed by atoms with Crippen LogP contribution in [0.3, 0.4) is 0 Å². The van der Waals surface area contributed by atoms with Crippen molar-refractivity contribution >= 4 is 27.7 Å². The SMILES string of the molecule is COC(=O)N[C@H](C(=O)Nc1c(F)ccc(F)c1CC[C@H]1CN[C@@H]2CCCS(=O)(=O)N1C2)[C@@H](c1ccc(F)cc1)C1C[C@@H](C)O[C@@H](C)C1. The zero-order valence-electron chi connectivity index (χ0n) is 26.8. The third-order valence-corrected chi connectivity index (χ3v) is 11.5. The van der Waals surface area contributed by atoms with Crippen LogP contribution in [0.1, 0.15) is 63.0 Å². The third kappa shape index (κ3) is 8.27. The molecule has 0 radical (unpaired) electrons. The first-order chi connectivity index (χ1) is 22.4. The number of fused-ring (bicyclic) bond motifs is 2. The maximum Gasteiger partial charge on any atom is 0.407 e. The van der Waals surface area contributed by atoms with E-state index in [1.165, 1.54) is 28.6 Å². The Labute approximate surface area is 273 Å². The van der Waals surface area contributed by atoms with Crippen molar-refractivity contribution in [1.29, 1.82) is 0 Å². The lowest BCUT2D eigenvalue weighted by Gasteiger charge is -2.40. The molecule has 5 rings (SSSR count). The molecular formula is C33H43F3N4O6S. The summed E-state index contributed by atoms with van der Waals surface area (Å²) in [5.41, 5.74) is 0.0608. The van der Waals surface area contributed by atoms with Gasteiger partial charge in [-0.05, 0) is 88.1 Å². The quantitative estimate of drug-likeness (QED) is 0.358. The average molecular weight is 681 g/mol. The zero-order valence-corrected chi connectivity index (χ0v) is 27.6. The average Bonchev–Trinajstić information content (AvgIpc) is 3.14. The van der Waals surface area contributed by atoms with Crippen molar-refractivity contribution in [2.45, 2.75) is 88.6 Å². The van der Waals surface area contributed by atoms with Gasteiger partial charge in [0.05, 0.1) is 30.8 Å². The van der Waals surface area contributed by atoms with Crippen LogP contribution in [0.15, 0.2) is 36.4 Å². The Morgan fingerprint density at radius 3 is 2.43 bits per heavy atom. The molecule has 2 bridgehead atoms. The fraction of sp³-hybridized carbons (Fsp3) is 0.576. The minimum absolute atomic E-state index is 0.0335. The van der Waals surface area contributed by atoms with Crippen LogP contribution in [0.2, 0.25) is 0 Å². The highest BCUT2D eigenvalue weighted by atomic mass is 32.2. The highest BCUT2D eigenvalue weighted by molar-refractivity contribution is 7.89. The van der Waals surface area contributed by atoms with Gasteiger partial charge in [0, 0.05) is 36.7 Å². The number of nitrogens with zero attached hydrogens (tertiary/aromatic N) is 1. The minimum Gasteiger partial charge on any atom is -0.453 e. The van der Waals surface area contributed by atoms with Crippen molar-refractivity contribution in [2.24, 2.45) is 5.92 Å². The molecule has 14 heteroatoms. The van der Waals surface area contributed by atoms with E-state index in [1.54, 1.807) is 0 Å². The second-order valence-electron chi connectivity index (χ2n) is 12.9. The van der Waals surface area contributed by atoms with Gasteiger partial charge in [-0.1, -0.05) is 12.1 Å². The van der Waals surface area contributed by atoms with Crippen molar-refractivity contribution in [3.63, 3.8) is 0 Å². The standard InChI is InChI=1S/C33H43F3N4O6S/c1-19-15-22(16-20(2)46-19)29(21-6-8-23(34)9-7-21)31(39-33(42)45-3)32(41)38-30-26(27(35)12-13-28(30)36)11-10-25-17-37-24-5-4-14-47(43,44)40(25)18-24/h6-9,12-13,19-20,22,24-25,29,31,37H,4-5,10-11,14-18H2,1-3H3,(H,38,41)(H,39,42)/t19-,20+,22?,24-,25+,29+,31+/m1/s1. The number of carbonyl (C=O) groups excluding carboxylic acids is 2. The fourth-order valence-corrected chi connectivity index (χ4v) is 9.21. The van der Waals surface area contributed by atoms with Gasteiger partial charge in [-0.3, -0.25) is 4.79 Å². The van der Waals surface area contributed by atoms with Crippen LogP contribution in [0.25, 0.3) is 0 Å². The lowest BCUT2D eigenvalue weighted by Crippen LogP contribution is -2.57. The summed E-state index contributed by atoms with van der Waals surface area (Å²) >= 11 is 0. The van der Waals surface area contributed by atoms with Gasteiger partial charge < -0.3 is 25.4 Å². The van der Waals surface area contributed by atoms with E-state index in [1.807, 2.05) is 13.8 Å². The molecule has 3 N–H and O–H groups in total. The first-order valence-electron chi connectivity index (χ1n) is 16.1. The molecule has 3 saturated heterocycles. The first kappa shape index (κ1) is 35.1. The summed E-state index contributed by atoms with van der Waals surface area (Å²) in [6.07, 6.45) is 1.20. The van der Waals surface area contributed by atoms with Gasteiger partial charge in [-0.15, -0.1) is 0 Å². The molecule has 0 spiro atoms. The summed E-state index contributed by atoms with van der Waals surface area (Å²) in [5, 5.41) is 8.52. The number of rotatable bonds is 9. The van der Waals surface area contributed by atoms with E-state index in [2.05, 4.69) is 16.0 Å². The molecule has 0 saturated carbocycles. The Balaban J connectivity index is 1.45. The number of benzene rings is 2. The number of ether oxygens (including phenoxy) is 2. The van der Waals surface area contributed by atoms with Gasteiger partial charge in [0.1, 0.15) is 23.5 Å². The number of methoxy groups -OCH3 is 1. The molecule has 10 nitrogen and oxygen atoms in total. The number of hydrogen-bond acceptors (Lipinski definition) is 7. The normalized spacial score (nSPS) is 28.4. The summed E-state index contributed by atoms with van der Waals surface area (Å²) < 4.78 is 83.0. The molecule has 3 aliphatic rings. The van der Waals surface area contributed by atoms with E-state index in [0.29, 0.717) is 37.9 Å². The van der Waals surface area contributed by atoms with Crippen molar-refractivity contribution in [3.8, 4) is 0 Å². The molecule has 258 valence electrons. The molecule has 47 heavy (non-hydrogen) atoms. The smallest absolute Gasteiger partial charge is 0.407 e. The first-order valence-corrected chi connectivity index (χ1v) is 17.7. The van der Waals surface area contributed by atoms with E-state index in [0.717, 1.165) is 25.7 Å². The summed E-state index contributed by atoms with van der Waals surface area (Å²) in [6, 6.07) is 5.71. The Morgan fingerprint density at radius 1 is 1.06 bits per heavy atom. The van der Waals surface area contributed by atoms with Gasteiger partial charge >= 0.3 is 6.09 Å². The van der Waals surface area contributed by atoms with Gasteiger partial charge in [0.15, 0.2) is 0 Å². The van der Waals surface area contributed by atoms with Crippen molar-refractivity contribution in [3.05, 3.63) is 65.0 Å². The number of halogens is 3. The number of nitrogens with one attached hydrogen (secondary N) is 3. The zero-order chi connectivity index (χ0) is 33.9. The van der Waals surface area contributed by atoms with Crippen molar-refractivity contribution in [2.75, 3.05) is 31.3 Å². The van der Waals surface area contributed by atoms with Crippen LogP contribution in [0, 0.1) is 23.4 Å². The molecule has 2 aromatic rings. The molecule has 2 amide bonds. The maximum atomic E-state index is 15.5. The monoisotopic (exact) mass is 680 g/mol. The highest BCUT2D eigenvalue weighted by Crippen LogP contribution is 2.39. The number of amides is 2. The second kappa shape index (κ2) is 14.9. The predicted molar refractivity (Wildman–Crippen MR) is 170 cm³/mol. The summed E-state index contributed by atoms with van der Waals surface area (Å²) in [6.45, 7) is 4.49. The number of piperazine rings is 1. The molecular weight excluding hydrogens is 637 g/mol. The van der Waals surface area contributed by atoms with Gasteiger partial charge in [0.2, 0.25) is 15.9 Å². The highest BCUT2D eigenvalue weighted by Gasteiger charge is 2.41. The molecule has 3 aliphatic heterocycles. The van der Waals surface area contributed by atoms with Crippen LogP contribution in [0.4, 0.5) is 23.7 Å². The van der Waals surface area contributed by atoms with Gasteiger partial charge in [-0.25, -0.2) is 26.4 Å². The van der Waals surface area contributed by atoms with Crippen LogP contribution in [0.5, 0.6) is 0 Å². The molecule has 3 fully saturated rings. The Bertz CT molecular complexity index is 1540. The number of sulfonamides is 1. The van der Waals surface area contributed by atoms with E-state index < -0.39 is 63.2 Å². The maximum absolute atomic E-state index is 15.5. The number of carbonyl (C=O) groups is 2. The van der Waals surface area contributed by atoms with E-state index in [4.69, 9.17) is 9.47 Å². The Morgan fingerprint density at radius 2 is 1.74 bits per heavy atom. The molecule has 2 aromatic carbocycles. The fourth-order valence-electron chi connectivity index (χ4n) is 7.41. The van der Waals surface area contributed by atoms with Crippen LogP contribution < -0.4 is 16.0 Å². The number of hydrogen-bond donors (Lipinski definition) is 3. The van der Waals surface area contributed by atoms with Gasteiger partial charge in [0.25, 0.3) is 0 Å². The van der Waals surface area contributed by atoms with Crippen LogP contribution in [-0.4, -0.2) is 81.0 Å². The molecule has 0 aliphatic carbocycles. The Hall–Kier alpha value is -3.20.